The maximum absolute atomic E-state index is 13.8. The van der Waals surface area contributed by atoms with E-state index in [1.165, 1.54) is 33.1 Å². The molecule has 2 aliphatic heterocycles. The number of ether oxygens (including phenoxy) is 1. The Morgan fingerprint density at radius 3 is 2.60 bits per heavy atom. The van der Waals surface area contributed by atoms with E-state index in [-0.39, 0.29) is 63.4 Å². The highest BCUT2D eigenvalue weighted by molar-refractivity contribution is 6.31. The number of urea groups is 1. The summed E-state index contributed by atoms with van der Waals surface area (Å²) < 4.78 is 18.2. The van der Waals surface area contributed by atoms with Gasteiger partial charge in [-0.2, -0.15) is 0 Å². The van der Waals surface area contributed by atoms with Crippen molar-refractivity contribution < 1.29 is 28.3 Å². The Kier molecular flexibility index (Phi) is 10.4. The van der Waals surface area contributed by atoms with Gasteiger partial charge in [0.25, 0.3) is 0 Å². The number of amides is 5. The molecule has 2 aliphatic rings. The van der Waals surface area contributed by atoms with Gasteiger partial charge in [-0.1, -0.05) is 54.6 Å². The molecule has 224 valence electrons. The maximum atomic E-state index is 13.8. The quantitative estimate of drug-likeness (QED) is 0.320. The summed E-state index contributed by atoms with van der Waals surface area (Å²) in [5.41, 5.74) is 1.43. The number of halogens is 2. The van der Waals surface area contributed by atoms with E-state index in [2.05, 4.69) is 17.2 Å². The van der Waals surface area contributed by atoms with E-state index in [0.717, 1.165) is 5.56 Å². The van der Waals surface area contributed by atoms with Crippen LogP contribution in [0.15, 0.2) is 61.2 Å². The molecule has 2 aromatic carbocycles. The van der Waals surface area contributed by atoms with E-state index in [0.29, 0.717) is 17.0 Å². The molecule has 2 N–H and O–H groups in total. The molecule has 1 unspecified atom stereocenters. The van der Waals surface area contributed by atoms with Crippen LogP contribution in [0.4, 0.5) is 14.0 Å². The van der Waals surface area contributed by atoms with E-state index in [1.54, 1.807) is 36.2 Å². The Balaban J connectivity index is 1.55. The number of carbonyl (C=O) groups is 4. The van der Waals surface area contributed by atoms with Gasteiger partial charge in [0.1, 0.15) is 24.6 Å². The number of rotatable bonds is 10. The second-order valence-corrected chi connectivity index (χ2v) is 10.4. The summed E-state index contributed by atoms with van der Waals surface area (Å²) in [5.74, 6) is -0.945. The Morgan fingerprint density at radius 1 is 1.14 bits per heavy atom. The van der Waals surface area contributed by atoms with Crippen LogP contribution < -0.4 is 10.6 Å². The second-order valence-electron chi connectivity index (χ2n) is 10.0. The first-order chi connectivity index (χ1) is 20.2. The molecule has 0 aliphatic carbocycles. The van der Waals surface area contributed by atoms with Crippen molar-refractivity contribution in [2.75, 3.05) is 33.3 Å². The molecule has 2 atom stereocenters. The van der Waals surface area contributed by atoms with Gasteiger partial charge in [0, 0.05) is 31.7 Å². The Labute approximate surface area is 248 Å². The number of hydrogen-bond donors (Lipinski definition) is 2. The van der Waals surface area contributed by atoms with Crippen LogP contribution in [0.1, 0.15) is 24.0 Å². The van der Waals surface area contributed by atoms with Gasteiger partial charge in [-0.15, -0.1) is 0 Å². The number of hydrogen-bond acceptors (Lipinski definition) is 6. The topological polar surface area (TPSA) is 115 Å². The molecule has 11 nitrogen and oxygen atoms in total. The van der Waals surface area contributed by atoms with Crippen molar-refractivity contribution in [1.29, 1.82) is 0 Å². The number of likely N-dealkylation sites (N-methyl/N-ethyl adjacent to an activating group) is 1. The molecule has 2 fully saturated rings. The Bertz CT molecular complexity index is 1310. The molecule has 4 rings (SSSR count). The molecule has 0 aromatic heterocycles. The molecule has 5 amide bonds. The summed E-state index contributed by atoms with van der Waals surface area (Å²) in [4.78, 5) is 55.6. The zero-order valence-electron chi connectivity index (χ0n) is 23.3. The minimum Gasteiger partial charge on any atom is -0.445 e. The molecule has 0 saturated carbocycles. The summed E-state index contributed by atoms with van der Waals surface area (Å²) >= 11 is 6.40. The number of benzene rings is 2. The summed E-state index contributed by atoms with van der Waals surface area (Å²) in [6.07, 6.45) is 0.677. The van der Waals surface area contributed by atoms with Gasteiger partial charge in [0.05, 0.1) is 13.1 Å². The number of hydrazine groups is 1. The highest BCUT2D eigenvalue weighted by Crippen LogP contribution is 2.29. The molecule has 2 aromatic rings. The van der Waals surface area contributed by atoms with Gasteiger partial charge in [-0.3, -0.25) is 9.59 Å². The van der Waals surface area contributed by atoms with E-state index < -0.39 is 24.3 Å². The van der Waals surface area contributed by atoms with Gasteiger partial charge in [-0.25, -0.2) is 24.0 Å². The van der Waals surface area contributed by atoms with Gasteiger partial charge in [0.15, 0.2) is 0 Å². The average molecular weight is 601 g/mol. The molecular weight excluding hydrogens is 567 g/mol. The van der Waals surface area contributed by atoms with Crippen molar-refractivity contribution in [3.63, 3.8) is 0 Å². The average Bonchev–Trinajstić information content (AvgIpc) is 2.96. The largest absolute Gasteiger partial charge is 0.445 e. The minimum atomic E-state index is -0.870. The fourth-order valence-corrected chi connectivity index (χ4v) is 5.28. The lowest BCUT2D eigenvalue weighted by Gasteiger charge is -2.54. The van der Waals surface area contributed by atoms with E-state index in [9.17, 15) is 23.6 Å². The zero-order chi connectivity index (χ0) is 30.2. The molecule has 0 spiro atoms. The van der Waals surface area contributed by atoms with Gasteiger partial charge in [-0.05, 0) is 42.2 Å². The zero-order valence-corrected chi connectivity index (χ0v) is 24.1. The smallest absolute Gasteiger partial charge is 0.407 e. The van der Waals surface area contributed by atoms with Crippen LogP contribution in [0.2, 0.25) is 5.02 Å². The van der Waals surface area contributed by atoms with Gasteiger partial charge in [0.2, 0.25) is 11.8 Å². The fraction of sp³-hybridized carbons (Fsp3) is 0.379. The van der Waals surface area contributed by atoms with Crippen molar-refractivity contribution >= 4 is 35.5 Å². The van der Waals surface area contributed by atoms with Crippen molar-refractivity contribution in [1.82, 2.24) is 30.5 Å². The van der Waals surface area contributed by atoms with E-state index in [4.69, 9.17) is 16.3 Å². The van der Waals surface area contributed by atoms with Crippen LogP contribution in [0.5, 0.6) is 0 Å². The number of fused-ring (bicyclic) bond motifs is 1. The molecule has 0 bridgehead atoms. The van der Waals surface area contributed by atoms with E-state index >= 15 is 0 Å². The first kappa shape index (κ1) is 30.8. The summed E-state index contributed by atoms with van der Waals surface area (Å²) in [6.45, 7) is 4.07. The monoisotopic (exact) mass is 600 g/mol. The first-order valence-corrected chi connectivity index (χ1v) is 13.9. The maximum Gasteiger partial charge on any atom is 0.407 e. The van der Waals surface area contributed by atoms with Crippen LogP contribution >= 0.6 is 11.6 Å². The lowest BCUT2D eigenvalue weighted by atomic mass is 10.0. The van der Waals surface area contributed by atoms with Crippen molar-refractivity contribution in [3.8, 4) is 0 Å². The predicted molar refractivity (Wildman–Crippen MR) is 153 cm³/mol. The van der Waals surface area contributed by atoms with Crippen molar-refractivity contribution in [2.45, 2.75) is 38.1 Å². The van der Waals surface area contributed by atoms with Crippen LogP contribution in [-0.4, -0.2) is 89.3 Å². The van der Waals surface area contributed by atoms with Gasteiger partial charge >= 0.3 is 12.1 Å². The molecule has 0 radical (unpaired) electrons. The number of alkyl carbamates (subject to hydrolysis) is 1. The lowest BCUT2D eigenvalue weighted by molar-refractivity contribution is -0.188. The highest BCUT2D eigenvalue weighted by Gasteiger charge is 2.50. The first-order valence-electron chi connectivity index (χ1n) is 13.6. The van der Waals surface area contributed by atoms with Crippen molar-refractivity contribution in [2.24, 2.45) is 0 Å². The van der Waals surface area contributed by atoms with Crippen LogP contribution in [0.3, 0.4) is 0 Å². The summed E-state index contributed by atoms with van der Waals surface area (Å²) in [6, 6.07) is 11.6. The molecular formula is C29H34ClFN6O5. The highest BCUT2D eigenvalue weighted by atomic mass is 35.5. The predicted octanol–water partition coefficient (Wildman–Crippen LogP) is 3.11. The van der Waals surface area contributed by atoms with Crippen LogP contribution in [0.25, 0.3) is 0 Å². The molecule has 2 saturated heterocycles. The minimum absolute atomic E-state index is 0.0622. The number of nitrogens with one attached hydrogen (secondary N) is 2. The Morgan fingerprint density at radius 2 is 1.88 bits per heavy atom. The lowest BCUT2D eigenvalue weighted by Crippen LogP contribution is -2.75. The third kappa shape index (κ3) is 7.37. The molecule has 2 heterocycles. The Hall–Kier alpha value is -4.16. The number of nitrogens with zero attached hydrogens (tertiary/aromatic N) is 4. The third-order valence-electron chi connectivity index (χ3n) is 7.08. The second kappa shape index (κ2) is 14.1. The fourth-order valence-electron chi connectivity index (χ4n) is 5.09. The number of carbonyl (C=O) groups excluding carboxylic acids is 4. The standard InChI is InChI=1S/C29H34ClFN6O5/c1-3-15-42-29(41)32-14-6-9-24-27(39)35(17-21-7-4-5-8-23(21)30)18-25-36(24)26(38)19-34(2)37(25)28(40)33-16-20-10-12-22(31)13-11-20/h3-5,7-8,10-13,24-25H,1,6,9,14-19H2,2H3,(H,32,41)(H,33,40)/t24-,25?/m0/s1. The molecule has 42 heavy (non-hydrogen) atoms. The molecule has 13 heteroatoms. The van der Waals surface area contributed by atoms with Crippen LogP contribution in [-0.2, 0) is 27.4 Å². The van der Waals surface area contributed by atoms with Crippen molar-refractivity contribution in [3.05, 3.63) is 83.2 Å². The summed E-state index contributed by atoms with van der Waals surface area (Å²) in [7, 11) is 1.63. The summed E-state index contributed by atoms with van der Waals surface area (Å²) in [5, 5.41) is 8.93. The normalized spacial score (nSPS) is 18.9. The van der Waals surface area contributed by atoms with Crippen LogP contribution in [0, 0.1) is 5.82 Å². The number of piperazine rings is 1. The van der Waals surface area contributed by atoms with Gasteiger partial charge < -0.3 is 25.2 Å². The van der Waals surface area contributed by atoms with E-state index in [1.807, 2.05) is 12.1 Å². The third-order valence-corrected chi connectivity index (χ3v) is 7.45. The SMILES string of the molecule is C=CCOC(=O)NCCC[C@H]1C(=O)N(Cc2ccccc2Cl)CC2N1C(=O)CN(C)N2C(=O)NCc1ccc(F)cc1.